The van der Waals surface area contributed by atoms with Crippen LogP contribution >= 0.6 is 22.7 Å². The van der Waals surface area contributed by atoms with Crippen LogP contribution in [0.1, 0.15) is 58.7 Å². The van der Waals surface area contributed by atoms with E-state index < -0.39 is 7.40 Å². The van der Waals surface area contributed by atoms with Crippen LogP contribution < -0.4 is 0 Å². The van der Waals surface area contributed by atoms with E-state index in [9.17, 15) is 8.63 Å². The number of nitrogens with zero attached hydrogens (tertiary/aromatic N) is 2. The molecule has 0 saturated carbocycles. The first kappa shape index (κ1) is 25.6. The fraction of sp³-hybridized carbons (Fsp3) is 0.233. The van der Waals surface area contributed by atoms with Crippen molar-refractivity contribution >= 4 is 41.4 Å². The highest BCUT2D eigenvalue weighted by Crippen LogP contribution is 2.42. The van der Waals surface area contributed by atoms with Gasteiger partial charge in [-0.3, -0.25) is 8.63 Å². The van der Waals surface area contributed by atoms with Crippen molar-refractivity contribution in [3.05, 3.63) is 109 Å². The zero-order valence-corrected chi connectivity index (χ0v) is 23.4. The second kappa shape index (κ2) is 10.4. The molecule has 0 unspecified atom stereocenters. The minimum Gasteiger partial charge on any atom is -0.324 e. The highest BCUT2D eigenvalue weighted by molar-refractivity contribution is 7.13. The number of aromatic nitrogens is 1. The molecule has 0 amide bonds. The summed E-state index contributed by atoms with van der Waals surface area (Å²) in [6.07, 6.45) is 3.58. The Hall–Kier alpha value is -3.03. The van der Waals surface area contributed by atoms with Gasteiger partial charge in [-0.2, -0.15) is 0 Å². The van der Waals surface area contributed by atoms with E-state index in [0.717, 1.165) is 66.5 Å². The summed E-state index contributed by atoms with van der Waals surface area (Å²) < 4.78 is 31.2. The van der Waals surface area contributed by atoms with Crippen LogP contribution in [-0.4, -0.2) is 17.6 Å². The van der Waals surface area contributed by atoms with Gasteiger partial charge < -0.3 is 4.48 Å². The Bertz CT molecular complexity index is 1520. The van der Waals surface area contributed by atoms with Crippen LogP contribution in [0.4, 0.5) is 8.63 Å². The lowest BCUT2D eigenvalue weighted by Crippen LogP contribution is -2.18. The first-order valence-electron chi connectivity index (χ1n) is 12.6. The third kappa shape index (κ3) is 4.60. The number of hydrogen-bond acceptors (Lipinski definition) is 3. The summed E-state index contributed by atoms with van der Waals surface area (Å²) >= 11 is 3.14. The van der Waals surface area contributed by atoms with Gasteiger partial charge in [0.15, 0.2) is 0 Å². The third-order valence-corrected chi connectivity index (χ3v) is 8.62. The predicted molar refractivity (Wildman–Crippen MR) is 156 cm³/mol. The molecule has 1 aliphatic heterocycles. The van der Waals surface area contributed by atoms with Crippen molar-refractivity contribution in [2.24, 2.45) is 4.99 Å². The Kier molecular flexibility index (Phi) is 7.19. The van der Waals surface area contributed by atoms with Gasteiger partial charge in [0, 0.05) is 16.1 Å². The molecule has 1 aliphatic rings. The van der Waals surface area contributed by atoms with E-state index in [1.54, 1.807) is 11.3 Å². The summed E-state index contributed by atoms with van der Waals surface area (Å²) in [5.74, 6) is 0. The molecule has 7 heteroatoms. The number of allylic oxidation sites excluding steroid dienone is 2. The van der Waals surface area contributed by atoms with Crippen LogP contribution in [-0.2, 0) is 6.42 Å². The predicted octanol–water partition coefficient (Wildman–Crippen LogP) is 9.14. The molecule has 1 aromatic carbocycles. The Morgan fingerprint density at radius 2 is 1.57 bits per heavy atom. The van der Waals surface area contributed by atoms with Crippen LogP contribution in [0.15, 0.2) is 75.6 Å². The summed E-state index contributed by atoms with van der Waals surface area (Å²) in [6.45, 7) is 10.3. The molecule has 3 aromatic heterocycles. The molecule has 188 valence electrons. The smallest absolute Gasteiger partial charge is 0.324 e. The maximum atomic E-state index is 15.0. The Balaban J connectivity index is 1.90. The number of aryl methyl sites for hydroxylation is 4. The summed E-state index contributed by atoms with van der Waals surface area (Å²) in [4.78, 5) is 7.07. The van der Waals surface area contributed by atoms with Crippen molar-refractivity contribution in [1.29, 1.82) is 0 Å². The molecular formula is C30H29BF2N2S2. The Morgan fingerprint density at radius 1 is 0.919 bits per heavy atom. The monoisotopic (exact) mass is 530 g/mol. The van der Waals surface area contributed by atoms with Crippen molar-refractivity contribution < 1.29 is 8.63 Å². The highest BCUT2D eigenvalue weighted by Gasteiger charge is 2.32. The van der Waals surface area contributed by atoms with Gasteiger partial charge in [-0.05, 0) is 96.5 Å². The lowest BCUT2D eigenvalue weighted by molar-refractivity contribution is 0.630. The van der Waals surface area contributed by atoms with Gasteiger partial charge in [0.25, 0.3) is 0 Å². The zero-order valence-electron chi connectivity index (χ0n) is 21.7. The molecule has 4 heterocycles. The number of halogens is 2. The first-order chi connectivity index (χ1) is 17.8. The van der Waals surface area contributed by atoms with E-state index in [-0.39, 0.29) is 0 Å². The minimum atomic E-state index is -2.69. The van der Waals surface area contributed by atoms with Gasteiger partial charge in [-0.15, -0.1) is 22.7 Å². The molecule has 4 aromatic rings. The van der Waals surface area contributed by atoms with Crippen LogP contribution in [0, 0.1) is 20.8 Å². The fourth-order valence-electron chi connectivity index (χ4n) is 5.38. The second-order valence-electron chi connectivity index (χ2n) is 9.38. The number of hydrogen-bond donors (Lipinski definition) is 0. The molecule has 0 radical (unpaired) electrons. The molecular weight excluding hydrogens is 501 g/mol. The Morgan fingerprint density at radius 3 is 2.11 bits per heavy atom. The molecule has 5 rings (SSSR count). The van der Waals surface area contributed by atoms with E-state index in [2.05, 4.69) is 52.0 Å². The average Bonchev–Trinajstić information content (AvgIpc) is 3.65. The van der Waals surface area contributed by atoms with Gasteiger partial charge in [-0.1, -0.05) is 43.7 Å². The number of thiophene rings is 2. The van der Waals surface area contributed by atoms with E-state index in [0.29, 0.717) is 17.8 Å². The number of rotatable bonds is 7. The molecule has 0 bridgehead atoms. The average molecular weight is 531 g/mol. The standard InChI is InChI=1S/C30H29BF2N2S2/c1-6-21-16-23(34-29(21)25-10-8-12-36-25)28(27-19(4)14-18(3)15-20(27)5)24-17-22(7-2)30(35(24)31(32)33)26-11-9-13-37-26/h8-17H,6-7H2,1-5H3/b28-23+. The maximum absolute atomic E-state index is 15.0. The lowest BCUT2D eigenvalue weighted by atomic mass is 9.89. The highest BCUT2D eigenvalue weighted by atomic mass is 32.1. The van der Waals surface area contributed by atoms with Crippen LogP contribution in [0.2, 0.25) is 0 Å². The van der Waals surface area contributed by atoms with Gasteiger partial charge in [0.1, 0.15) is 0 Å². The summed E-state index contributed by atoms with van der Waals surface area (Å²) in [7, 11) is -2.69. The molecule has 0 atom stereocenters. The van der Waals surface area contributed by atoms with Gasteiger partial charge in [-0.25, -0.2) is 4.99 Å². The lowest BCUT2D eigenvalue weighted by Gasteiger charge is -2.19. The largest absolute Gasteiger partial charge is 0.678 e. The minimum absolute atomic E-state index is 0.517. The topological polar surface area (TPSA) is 17.3 Å². The van der Waals surface area contributed by atoms with Crippen LogP contribution in [0.25, 0.3) is 16.1 Å². The van der Waals surface area contributed by atoms with Crippen molar-refractivity contribution in [2.75, 3.05) is 0 Å². The quantitative estimate of drug-likeness (QED) is 0.212. The molecule has 0 aliphatic carbocycles. The third-order valence-electron chi connectivity index (χ3n) is 6.87. The Labute approximate surface area is 225 Å². The summed E-state index contributed by atoms with van der Waals surface area (Å²) in [5.41, 5.74) is 9.86. The van der Waals surface area contributed by atoms with E-state index in [1.165, 1.54) is 15.8 Å². The normalized spacial score (nSPS) is 14.7. The van der Waals surface area contributed by atoms with Gasteiger partial charge in [0.2, 0.25) is 0 Å². The first-order valence-corrected chi connectivity index (χ1v) is 14.3. The van der Waals surface area contributed by atoms with Crippen molar-refractivity contribution in [3.8, 4) is 10.6 Å². The molecule has 0 N–H and O–H groups in total. The molecule has 37 heavy (non-hydrogen) atoms. The van der Waals surface area contributed by atoms with Gasteiger partial charge in [0.05, 0.1) is 22.0 Å². The number of benzene rings is 1. The summed E-state index contributed by atoms with van der Waals surface area (Å²) in [5, 5.41) is 3.99. The van der Waals surface area contributed by atoms with Gasteiger partial charge >= 0.3 is 7.40 Å². The molecule has 0 fully saturated rings. The fourth-order valence-corrected chi connectivity index (χ4v) is 6.93. The van der Waals surface area contributed by atoms with Crippen LogP contribution in [0.5, 0.6) is 0 Å². The SMILES string of the molecule is CCC1=C/C(=C(\c2c(C)cc(C)cc2C)c2cc(CC)c(-c3cccs3)n2B(F)F)N=C1c1cccs1. The zero-order chi connectivity index (χ0) is 26.3. The second-order valence-corrected chi connectivity index (χ2v) is 11.3. The van der Waals surface area contributed by atoms with E-state index in [4.69, 9.17) is 4.99 Å². The molecule has 2 nitrogen and oxygen atoms in total. The van der Waals surface area contributed by atoms with Crippen LogP contribution in [0.3, 0.4) is 0 Å². The maximum Gasteiger partial charge on any atom is 0.678 e. The van der Waals surface area contributed by atoms with Crippen molar-refractivity contribution in [3.63, 3.8) is 0 Å². The van der Waals surface area contributed by atoms with E-state index >= 15 is 0 Å². The molecule has 0 spiro atoms. The van der Waals surface area contributed by atoms with E-state index in [1.807, 2.05) is 41.9 Å². The molecule has 0 saturated heterocycles. The van der Waals surface area contributed by atoms with Crippen molar-refractivity contribution in [2.45, 2.75) is 47.5 Å². The summed E-state index contributed by atoms with van der Waals surface area (Å²) in [6, 6.07) is 14.2. The van der Waals surface area contributed by atoms with Crippen molar-refractivity contribution in [1.82, 2.24) is 4.48 Å². The number of aliphatic imine (C=N–C) groups is 1.